The Labute approximate surface area is 161 Å². The van der Waals surface area contributed by atoms with E-state index in [1.807, 2.05) is 0 Å². The zero-order valence-corrected chi connectivity index (χ0v) is 16.6. The van der Waals surface area contributed by atoms with Gasteiger partial charge >= 0.3 is 13.2 Å². The van der Waals surface area contributed by atoms with Crippen LogP contribution in [0.2, 0.25) is 0 Å². The molecule has 1 rings (SSSR count). The third kappa shape index (κ3) is 9.44. The Balaban J connectivity index is 2.79. The van der Waals surface area contributed by atoms with Gasteiger partial charge in [-0.25, -0.2) is 4.79 Å². The van der Waals surface area contributed by atoms with Crippen molar-refractivity contribution in [3.05, 3.63) is 29.8 Å². The Morgan fingerprint density at radius 3 is 2.30 bits per heavy atom. The molecule has 27 heavy (non-hydrogen) atoms. The first-order chi connectivity index (χ1) is 12.6. The summed E-state index contributed by atoms with van der Waals surface area (Å²) < 4.78 is 5.25. The Morgan fingerprint density at radius 2 is 1.78 bits per heavy atom. The number of rotatable bonds is 9. The molecule has 0 aliphatic carbocycles. The molecule has 0 aliphatic heterocycles. The molecule has 1 aromatic rings. The van der Waals surface area contributed by atoms with Crippen LogP contribution in [0.4, 0.5) is 4.79 Å². The molecule has 0 fully saturated rings. The maximum atomic E-state index is 12.5. The van der Waals surface area contributed by atoms with Crippen molar-refractivity contribution in [2.24, 2.45) is 0 Å². The zero-order chi connectivity index (χ0) is 20.4. The predicted molar refractivity (Wildman–Crippen MR) is 106 cm³/mol. The molecule has 0 heterocycles. The van der Waals surface area contributed by atoms with Crippen LogP contribution in [0.25, 0.3) is 0 Å². The summed E-state index contributed by atoms with van der Waals surface area (Å²) in [5.74, 6) is -0.275. The summed E-state index contributed by atoms with van der Waals surface area (Å²) in [6, 6.07) is 5.76. The number of unbranched alkanes of at least 4 members (excludes halogenated alkanes) is 2. The zero-order valence-electron chi connectivity index (χ0n) is 16.6. The molecule has 0 saturated heterocycles. The summed E-state index contributed by atoms with van der Waals surface area (Å²) in [7, 11) is -1.54. The van der Waals surface area contributed by atoms with Crippen LogP contribution in [0.3, 0.4) is 0 Å². The lowest BCUT2D eigenvalue weighted by molar-refractivity contribution is -0.123. The van der Waals surface area contributed by atoms with Gasteiger partial charge in [0.2, 0.25) is 5.91 Å². The number of benzene rings is 1. The van der Waals surface area contributed by atoms with Crippen LogP contribution < -0.4 is 16.1 Å². The fourth-order valence-electron chi connectivity index (χ4n) is 2.43. The molecule has 1 aromatic carbocycles. The van der Waals surface area contributed by atoms with Crippen molar-refractivity contribution in [2.75, 3.05) is 6.54 Å². The highest BCUT2D eigenvalue weighted by Crippen LogP contribution is 2.08. The van der Waals surface area contributed by atoms with Gasteiger partial charge in [0.05, 0.1) is 0 Å². The molecule has 0 unspecified atom stereocenters. The van der Waals surface area contributed by atoms with E-state index in [1.165, 1.54) is 0 Å². The second-order valence-corrected chi connectivity index (χ2v) is 7.52. The van der Waals surface area contributed by atoms with Crippen LogP contribution in [-0.2, 0) is 16.0 Å². The smallest absolute Gasteiger partial charge is 0.444 e. The average Bonchev–Trinajstić information content (AvgIpc) is 2.56. The molecule has 0 radical (unpaired) electrons. The van der Waals surface area contributed by atoms with E-state index in [4.69, 9.17) is 4.74 Å². The van der Waals surface area contributed by atoms with Gasteiger partial charge in [-0.2, -0.15) is 0 Å². The molecular formula is C19H31BN2O5. The Hall–Kier alpha value is -2.06. The van der Waals surface area contributed by atoms with Gasteiger partial charge in [0, 0.05) is 13.0 Å². The molecule has 0 spiro atoms. The van der Waals surface area contributed by atoms with Crippen molar-refractivity contribution in [3.63, 3.8) is 0 Å². The number of hydrogen-bond donors (Lipinski definition) is 4. The molecule has 1 atom stereocenters. The number of hydrogen-bond acceptors (Lipinski definition) is 5. The van der Waals surface area contributed by atoms with E-state index in [0.717, 1.165) is 24.8 Å². The molecule has 4 N–H and O–H groups in total. The van der Waals surface area contributed by atoms with Gasteiger partial charge in [-0.05, 0) is 38.2 Å². The van der Waals surface area contributed by atoms with Crippen LogP contribution in [0.15, 0.2) is 24.3 Å². The van der Waals surface area contributed by atoms with E-state index >= 15 is 0 Å². The summed E-state index contributed by atoms with van der Waals surface area (Å²) in [5.41, 5.74) is 0.481. The second-order valence-electron chi connectivity index (χ2n) is 7.52. The van der Waals surface area contributed by atoms with E-state index in [9.17, 15) is 19.6 Å². The number of carbonyl (C=O) groups is 2. The first kappa shape index (κ1) is 23.0. The van der Waals surface area contributed by atoms with E-state index < -0.39 is 24.9 Å². The highest BCUT2D eigenvalue weighted by Gasteiger charge is 2.24. The fraction of sp³-hybridized carbons (Fsp3) is 0.579. The lowest BCUT2D eigenvalue weighted by Crippen LogP contribution is -2.49. The second kappa shape index (κ2) is 10.9. The first-order valence-corrected chi connectivity index (χ1v) is 9.34. The van der Waals surface area contributed by atoms with Crippen LogP contribution >= 0.6 is 0 Å². The molecule has 7 nitrogen and oxygen atoms in total. The van der Waals surface area contributed by atoms with Crippen LogP contribution in [0, 0.1) is 0 Å². The summed E-state index contributed by atoms with van der Waals surface area (Å²) in [6.45, 7) is 7.90. The SMILES string of the molecule is CCCCCNC(=O)[C@H](Cc1ccc(B(O)O)cc1)NC(=O)OC(C)(C)C. The Morgan fingerprint density at radius 1 is 1.15 bits per heavy atom. The molecule has 0 saturated carbocycles. The summed E-state index contributed by atoms with van der Waals surface area (Å²) in [6.07, 6.45) is 2.57. The highest BCUT2D eigenvalue weighted by molar-refractivity contribution is 6.58. The van der Waals surface area contributed by atoms with E-state index in [2.05, 4.69) is 17.6 Å². The maximum absolute atomic E-state index is 12.5. The van der Waals surface area contributed by atoms with Crippen molar-refractivity contribution in [2.45, 2.75) is 65.0 Å². The molecule has 0 aromatic heterocycles. The predicted octanol–water partition coefficient (Wildman–Crippen LogP) is 1.11. The van der Waals surface area contributed by atoms with Gasteiger partial charge in [0.1, 0.15) is 11.6 Å². The topological polar surface area (TPSA) is 108 Å². The van der Waals surface area contributed by atoms with Crippen LogP contribution in [0.5, 0.6) is 0 Å². The Kier molecular flexibility index (Phi) is 9.31. The quantitative estimate of drug-likeness (QED) is 0.380. The molecule has 0 aliphatic rings. The molecule has 2 amide bonds. The minimum atomic E-state index is -1.54. The number of alkyl carbamates (subject to hydrolysis) is 1. The molecule has 8 heteroatoms. The molecule has 0 bridgehead atoms. The van der Waals surface area contributed by atoms with E-state index in [-0.39, 0.29) is 12.3 Å². The summed E-state index contributed by atoms with van der Waals surface area (Å²) in [5, 5.41) is 23.8. The minimum Gasteiger partial charge on any atom is -0.444 e. The van der Waals surface area contributed by atoms with Gasteiger partial charge in [-0.15, -0.1) is 0 Å². The lowest BCUT2D eigenvalue weighted by Gasteiger charge is -2.23. The van der Waals surface area contributed by atoms with Crippen LogP contribution in [0.1, 0.15) is 52.5 Å². The van der Waals surface area contributed by atoms with Crippen LogP contribution in [-0.4, -0.2) is 47.4 Å². The van der Waals surface area contributed by atoms with E-state index in [1.54, 1.807) is 45.0 Å². The van der Waals surface area contributed by atoms with Crippen molar-refractivity contribution >= 4 is 24.6 Å². The first-order valence-electron chi connectivity index (χ1n) is 9.34. The maximum Gasteiger partial charge on any atom is 0.488 e. The number of nitrogens with one attached hydrogen (secondary N) is 2. The van der Waals surface area contributed by atoms with Crippen molar-refractivity contribution < 1.29 is 24.4 Å². The standard InChI is InChI=1S/C19H31BN2O5/c1-5-6-7-12-21-17(23)16(22-18(24)27-19(2,3)4)13-14-8-10-15(11-9-14)20(25)26/h8-11,16,25-26H,5-7,12-13H2,1-4H3,(H,21,23)(H,22,24)/t16-/m0/s1. The molecule has 150 valence electrons. The average molecular weight is 378 g/mol. The van der Waals surface area contributed by atoms with E-state index in [0.29, 0.717) is 12.0 Å². The summed E-state index contributed by atoms with van der Waals surface area (Å²) in [4.78, 5) is 24.6. The lowest BCUT2D eigenvalue weighted by atomic mass is 9.80. The monoisotopic (exact) mass is 378 g/mol. The highest BCUT2D eigenvalue weighted by atomic mass is 16.6. The van der Waals surface area contributed by atoms with Crippen molar-refractivity contribution in [3.8, 4) is 0 Å². The van der Waals surface area contributed by atoms with Gasteiger partial charge in [-0.1, -0.05) is 44.0 Å². The van der Waals surface area contributed by atoms with Gasteiger partial charge < -0.3 is 25.4 Å². The third-order valence-corrected chi connectivity index (χ3v) is 3.80. The fourth-order valence-corrected chi connectivity index (χ4v) is 2.43. The van der Waals surface area contributed by atoms with Gasteiger partial charge in [0.25, 0.3) is 0 Å². The number of amides is 2. The summed E-state index contributed by atoms with van der Waals surface area (Å²) >= 11 is 0. The normalized spacial score (nSPS) is 12.2. The largest absolute Gasteiger partial charge is 0.488 e. The third-order valence-electron chi connectivity index (χ3n) is 3.80. The minimum absolute atomic E-state index is 0.265. The van der Waals surface area contributed by atoms with Crippen molar-refractivity contribution in [1.29, 1.82) is 0 Å². The van der Waals surface area contributed by atoms with Gasteiger partial charge in [-0.3, -0.25) is 4.79 Å². The number of ether oxygens (including phenoxy) is 1. The van der Waals surface area contributed by atoms with Gasteiger partial charge in [0.15, 0.2) is 0 Å². The Bertz CT molecular complexity index is 599. The van der Waals surface area contributed by atoms with Crippen molar-refractivity contribution in [1.82, 2.24) is 10.6 Å². The number of carbonyl (C=O) groups excluding carboxylic acids is 2. The molecular weight excluding hydrogens is 347 g/mol.